The molecule has 0 aliphatic rings. The fourth-order valence-corrected chi connectivity index (χ4v) is 1.88. The van der Waals surface area contributed by atoms with E-state index in [9.17, 15) is 4.79 Å². The molecule has 17 heavy (non-hydrogen) atoms. The quantitative estimate of drug-likeness (QED) is 0.810. The number of hydrogen-bond acceptors (Lipinski definition) is 2. The second kappa shape index (κ2) is 5.44. The van der Waals surface area contributed by atoms with Crippen LogP contribution in [0.25, 0.3) is 16.3 Å². The van der Waals surface area contributed by atoms with Crippen LogP contribution in [-0.2, 0) is 4.79 Å². The molecule has 0 fully saturated rings. The molecule has 2 aromatic carbocycles. The van der Waals surface area contributed by atoms with Crippen molar-refractivity contribution in [3.8, 4) is 0 Å². The summed E-state index contributed by atoms with van der Waals surface area (Å²) < 4.78 is 0. The van der Waals surface area contributed by atoms with Crippen molar-refractivity contribution < 1.29 is 4.79 Å². The maximum Gasteiger partial charge on any atom is 0.128 e. The summed E-state index contributed by atoms with van der Waals surface area (Å²) in [7, 11) is 1.88. The lowest BCUT2D eigenvalue weighted by molar-refractivity contribution is 0.569. The minimum absolute atomic E-state index is 0.707. The number of carbonyl (C=O) groups excluding carboxylic acids is 1. The summed E-state index contributed by atoms with van der Waals surface area (Å²) in [6.45, 7) is 0.789. The highest BCUT2D eigenvalue weighted by Crippen LogP contribution is 2.21. The van der Waals surface area contributed by atoms with E-state index >= 15 is 0 Å². The Balaban J connectivity index is 2.38. The van der Waals surface area contributed by atoms with Gasteiger partial charge in [-0.05, 0) is 42.4 Å². The van der Waals surface area contributed by atoms with Crippen LogP contribution in [0.4, 0.5) is 0 Å². The van der Waals surface area contributed by atoms with Gasteiger partial charge in [0.15, 0.2) is 0 Å². The van der Waals surface area contributed by atoms with Crippen molar-refractivity contribution in [3.05, 3.63) is 48.0 Å². The van der Waals surface area contributed by atoms with Gasteiger partial charge in [-0.2, -0.15) is 0 Å². The lowest BCUT2D eigenvalue weighted by Gasteiger charge is -2.05. The first-order valence-electron chi connectivity index (χ1n) is 5.73. The van der Waals surface area contributed by atoms with Gasteiger partial charge in [-0.3, -0.25) is 0 Å². The van der Waals surface area contributed by atoms with Gasteiger partial charge in [-0.15, -0.1) is 0 Å². The maximum atomic E-state index is 11.0. The molecule has 0 aromatic heterocycles. The zero-order valence-corrected chi connectivity index (χ0v) is 9.86. The molecule has 0 saturated heterocycles. The van der Waals surface area contributed by atoms with Gasteiger partial charge in [0.25, 0.3) is 0 Å². The number of benzene rings is 2. The van der Waals surface area contributed by atoms with Crippen LogP contribution < -0.4 is 5.32 Å². The fourth-order valence-electron chi connectivity index (χ4n) is 1.88. The van der Waals surface area contributed by atoms with Gasteiger partial charge in [-0.25, -0.2) is 4.79 Å². The Bertz CT molecular complexity index is 568. The van der Waals surface area contributed by atoms with E-state index in [4.69, 9.17) is 0 Å². The molecule has 1 N–H and O–H groups in total. The van der Waals surface area contributed by atoms with Crippen molar-refractivity contribution in [1.29, 1.82) is 0 Å². The summed E-state index contributed by atoms with van der Waals surface area (Å²) in [5, 5.41) is 5.38. The van der Waals surface area contributed by atoms with Crippen molar-refractivity contribution in [1.82, 2.24) is 5.32 Å². The molecule has 0 saturated carbocycles. The first-order chi connectivity index (χ1) is 8.35. The van der Waals surface area contributed by atoms with Gasteiger partial charge < -0.3 is 5.32 Å². The Labute approximate surface area is 101 Å². The summed E-state index contributed by atoms with van der Waals surface area (Å²) in [4.78, 5) is 11.0. The average Bonchev–Trinajstić information content (AvgIpc) is 2.39. The molecule has 0 spiro atoms. The van der Waals surface area contributed by atoms with E-state index in [1.54, 1.807) is 0 Å². The monoisotopic (exact) mass is 225 g/mol. The van der Waals surface area contributed by atoms with Crippen LogP contribution >= 0.6 is 0 Å². The van der Waals surface area contributed by atoms with Gasteiger partial charge in [-0.1, -0.05) is 36.4 Å². The smallest absolute Gasteiger partial charge is 0.128 e. The summed E-state index contributed by atoms with van der Waals surface area (Å²) in [6, 6.07) is 14.2. The topological polar surface area (TPSA) is 29.1 Å². The van der Waals surface area contributed by atoms with E-state index in [0.717, 1.165) is 23.1 Å². The Morgan fingerprint density at radius 2 is 1.94 bits per heavy atom. The largest absolute Gasteiger partial charge is 0.319 e. The average molecular weight is 225 g/mol. The standard InChI is InChI=1S/C15H15NO/c1-16-9-8-15(11-17)14-7-6-12-4-2-3-5-13(12)10-14/h2-7,10,16H,8-9H2,1H3. The molecule has 2 aromatic rings. The molecule has 2 nitrogen and oxygen atoms in total. The Kier molecular flexibility index (Phi) is 3.71. The van der Waals surface area contributed by atoms with Crippen LogP contribution in [0.5, 0.6) is 0 Å². The van der Waals surface area contributed by atoms with Crippen LogP contribution in [-0.4, -0.2) is 19.5 Å². The highest BCUT2D eigenvalue weighted by Gasteiger charge is 2.03. The van der Waals surface area contributed by atoms with Crippen LogP contribution in [0.3, 0.4) is 0 Å². The van der Waals surface area contributed by atoms with E-state index in [1.165, 1.54) is 5.39 Å². The number of fused-ring (bicyclic) bond motifs is 1. The van der Waals surface area contributed by atoms with E-state index < -0.39 is 0 Å². The van der Waals surface area contributed by atoms with Gasteiger partial charge in [0.2, 0.25) is 0 Å². The van der Waals surface area contributed by atoms with Crippen molar-refractivity contribution >= 4 is 22.3 Å². The molecule has 0 heterocycles. The summed E-state index contributed by atoms with van der Waals surface area (Å²) in [6.07, 6.45) is 0.707. The third kappa shape index (κ3) is 2.62. The number of hydrogen-bond donors (Lipinski definition) is 1. The van der Waals surface area contributed by atoms with Gasteiger partial charge in [0.05, 0.1) is 0 Å². The van der Waals surface area contributed by atoms with E-state index in [0.29, 0.717) is 6.42 Å². The van der Waals surface area contributed by atoms with Crippen molar-refractivity contribution in [3.63, 3.8) is 0 Å². The maximum absolute atomic E-state index is 11.0. The summed E-state index contributed by atoms with van der Waals surface area (Å²) >= 11 is 0. The van der Waals surface area contributed by atoms with Crippen LogP contribution in [0.2, 0.25) is 0 Å². The molecule has 0 radical (unpaired) electrons. The van der Waals surface area contributed by atoms with Gasteiger partial charge in [0, 0.05) is 5.57 Å². The van der Waals surface area contributed by atoms with Crippen LogP contribution in [0.1, 0.15) is 12.0 Å². The van der Waals surface area contributed by atoms with Gasteiger partial charge in [0.1, 0.15) is 5.94 Å². The molecule has 0 aliphatic heterocycles. The molecular formula is C15H15NO. The first-order valence-corrected chi connectivity index (χ1v) is 5.73. The zero-order valence-electron chi connectivity index (χ0n) is 9.86. The number of nitrogens with one attached hydrogen (secondary N) is 1. The first kappa shape index (κ1) is 11.6. The predicted molar refractivity (Wildman–Crippen MR) is 71.6 cm³/mol. The van der Waals surface area contributed by atoms with Gasteiger partial charge >= 0.3 is 0 Å². The minimum atomic E-state index is 0.707. The second-order valence-electron chi connectivity index (χ2n) is 4.00. The third-order valence-electron chi connectivity index (χ3n) is 2.85. The van der Waals surface area contributed by atoms with E-state index in [-0.39, 0.29) is 0 Å². The molecule has 0 unspecified atom stereocenters. The van der Waals surface area contributed by atoms with Crippen molar-refractivity contribution in [2.45, 2.75) is 6.42 Å². The highest BCUT2D eigenvalue weighted by molar-refractivity contribution is 5.92. The predicted octanol–water partition coefficient (Wildman–Crippen LogP) is 2.66. The molecule has 0 aliphatic carbocycles. The Morgan fingerprint density at radius 3 is 2.65 bits per heavy atom. The zero-order chi connectivity index (χ0) is 12.1. The third-order valence-corrected chi connectivity index (χ3v) is 2.85. The normalized spacial score (nSPS) is 10.2. The summed E-state index contributed by atoms with van der Waals surface area (Å²) in [5.74, 6) is 2.04. The molecule has 2 rings (SSSR count). The molecular weight excluding hydrogens is 210 g/mol. The van der Waals surface area contributed by atoms with Crippen LogP contribution in [0, 0.1) is 0 Å². The minimum Gasteiger partial charge on any atom is -0.319 e. The highest BCUT2D eigenvalue weighted by atomic mass is 16.1. The van der Waals surface area contributed by atoms with Crippen molar-refractivity contribution in [2.24, 2.45) is 0 Å². The fraction of sp³-hybridized carbons (Fsp3) is 0.200. The van der Waals surface area contributed by atoms with E-state index in [1.807, 2.05) is 43.3 Å². The Morgan fingerprint density at radius 1 is 1.18 bits per heavy atom. The summed E-state index contributed by atoms with van der Waals surface area (Å²) in [5.41, 5.74) is 1.69. The van der Waals surface area contributed by atoms with Crippen molar-refractivity contribution in [2.75, 3.05) is 13.6 Å². The molecule has 0 bridgehead atoms. The van der Waals surface area contributed by atoms with Crippen LogP contribution in [0.15, 0.2) is 42.5 Å². The number of rotatable bonds is 4. The SMILES string of the molecule is CNCCC(=C=O)c1ccc2ccccc2c1. The molecule has 0 atom stereocenters. The second-order valence-corrected chi connectivity index (χ2v) is 4.00. The Hall–Kier alpha value is -1.89. The lowest BCUT2D eigenvalue weighted by atomic mass is 10.0. The molecule has 86 valence electrons. The molecule has 2 heteroatoms. The lowest BCUT2D eigenvalue weighted by Crippen LogP contribution is -2.08. The van der Waals surface area contributed by atoms with E-state index in [2.05, 4.69) is 17.4 Å². The molecule has 0 amide bonds.